The van der Waals surface area contributed by atoms with Gasteiger partial charge < -0.3 is 5.11 Å². The molecule has 0 bridgehead atoms. The molecule has 0 aromatic carbocycles. The van der Waals surface area contributed by atoms with E-state index in [2.05, 4.69) is 34.6 Å². The van der Waals surface area contributed by atoms with Gasteiger partial charge in [-0.1, -0.05) is 47.5 Å². The van der Waals surface area contributed by atoms with Gasteiger partial charge in [-0.15, -0.1) is 0 Å². The minimum atomic E-state index is -0.163. The molecule has 74 valence electrons. The van der Waals surface area contributed by atoms with Gasteiger partial charge in [-0.05, 0) is 17.8 Å². The zero-order valence-electron chi connectivity index (χ0n) is 9.22. The summed E-state index contributed by atoms with van der Waals surface area (Å²) in [4.78, 5) is 0. The van der Waals surface area contributed by atoms with Crippen LogP contribution in [0.1, 0.15) is 53.9 Å². The molecule has 2 atom stereocenters. The minimum absolute atomic E-state index is 0.0349. The third-order valence-corrected chi connectivity index (χ3v) is 2.44. The van der Waals surface area contributed by atoms with Gasteiger partial charge in [0.05, 0.1) is 6.10 Å². The molecule has 0 saturated heterocycles. The van der Waals surface area contributed by atoms with Crippen molar-refractivity contribution in [3.8, 4) is 0 Å². The summed E-state index contributed by atoms with van der Waals surface area (Å²) < 4.78 is 0. The van der Waals surface area contributed by atoms with Gasteiger partial charge in [-0.25, -0.2) is 0 Å². The first-order valence-electron chi connectivity index (χ1n) is 5.07. The fourth-order valence-corrected chi connectivity index (χ4v) is 1.54. The molecule has 0 heterocycles. The molecule has 0 aliphatic heterocycles. The number of rotatable bonds is 4. The van der Waals surface area contributed by atoms with Gasteiger partial charge in [0.25, 0.3) is 0 Å². The van der Waals surface area contributed by atoms with Crippen molar-refractivity contribution in [3.05, 3.63) is 0 Å². The van der Waals surface area contributed by atoms with Gasteiger partial charge >= 0.3 is 0 Å². The molecular weight excluding hydrogens is 148 g/mol. The molecule has 0 aliphatic carbocycles. The molecule has 0 aromatic rings. The van der Waals surface area contributed by atoms with Gasteiger partial charge in [0.15, 0.2) is 0 Å². The van der Waals surface area contributed by atoms with E-state index in [1.807, 2.05) is 0 Å². The van der Waals surface area contributed by atoms with Crippen molar-refractivity contribution in [1.82, 2.24) is 0 Å². The first-order valence-corrected chi connectivity index (χ1v) is 5.07. The molecule has 0 rings (SSSR count). The predicted octanol–water partition coefficient (Wildman–Crippen LogP) is 3.22. The van der Waals surface area contributed by atoms with Crippen LogP contribution in [-0.4, -0.2) is 11.2 Å². The molecule has 0 saturated carbocycles. The van der Waals surface area contributed by atoms with Crippen molar-refractivity contribution in [3.63, 3.8) is 0 Å². The molecule has 1 nitrogen and oxygen atoms in total. The van der Waals surface area contributed by atoms with E-state index in [0.29, 0.717) is 5.92 Å². The van der Waals surface area contributed by atoms with Crippen molar-refractivity contribution in [1.29, 1.82) is 0 Å². The van der Waals surface area contributed by atoms with Crippen LogP contribution in [0.2, 0.25) is 0 Å². The summed E-state index contributed by atoms with van der Waals surface area (Å²) >= 11 is 0. The highest BCUT2D eigenvalue weighted by Crippen LogP contribution is 2.27. The maximum atomic E-state index is 9.88. The monoisotopic (exact) mass is 172 g/mol. The van der Waals surface area contributed by atoms with Crippen LogP contribution < -0.4 is 0 Å². The quantitative estimate of drug-likeness (QED) is 0.690. The first-order chi connectivity index (χ1) is 5.39. The molecule has 1 heteroatoms. The first kappa shape index (κ1) is 12.0. The van der Waals surface area contributed by atoms with Crippen LogP contribution in [0, 0.1) is 11.3 Å². The summed E-state index contributed by atoms with van der Waals surface area (Å²) in [5.74, 6) is 0.435. The van der Waals surface area contributed by atoms with Gasteiger partial charge in [0, 0.05) is 0 Å². The average molecular weight is 172 g/mol. The van der Waals surface area contributed by atoms with E-state index in [4.69, 9.17) is 0 Å². The fraction of sp³-hybridized carbons (Fsp3) is 1.00. The summed E-state index contributed by atoms with van der Waals surface area (Å²) in [7, 11) is 0. The Labute approximate surface area is 77.2 Å². The maximum absolute atomic E-state index is 9.88. The van der Waals surface area contributed by atoms with Crippen molar-refractivity contribution in [2.75, 3.05) is 0 Å². The lowest BCUT2D eigenvalue weighted by molar-refractivity contribution is 0.0145. The summed E-state index contributed by atoms with van der Waals surface area (Å²) in [6.07, 6.45) is 3.44. The van der Waals surface area contributed by atoms with Crippen LogP contribution in [0.3, 0.4) is 0 Å². The van der Waals surface area contributed by atoms with Crippen LogP contribution in [-0.2, 0) is 0 Å². The average Bonchev–Trinajstić information content (AvgIpc) is 1.97. The van der Waals surface area contributed by atoms with Crippen LogP contribution in [0.5, 0.6) is 0 Å². The molecule has 0 aliphatic rings. The van der Waals surface area contributed by atoms with E-state index in [-0.39, 0.29) is 11.5 Å². The van der Waals surface area contributed by atoms with Crippen molar-refractivity contribution >= 4 is 0 Å². The lowest BCUT2D eigenvalue weighted by atomic mass is 9.80. The Morgan fingerprint density at radius 3 is 2.08 bits per heavy atom. The Balaban J connectivity index is 3.84. The summed E-state index contributed by atoms with van der Waals surface area (Å²) in [6.45, 7) is 10.6. The third kappa shape index (κ3) is 4.10. The molecular formula is C11H24O. The molecule has 0 amide bonds. The molecule has 12 heavy (non-hydrogen) atoms. The van der Waals surface area contributed by atoms with Gasteiger partial charge in [-0.3, -0.25) is 0 Å². The number of aliphatic hydroxyl groups excluding tert-OH is 1. The topological polar surface area (TPSA) is 20.2 Å². The molecule has 0 aromatic heterocycles. The second-order valence-corrected chi connectivity index (χ2v) is 4.93. The second-order valence-electron chi connectivity index (χ2n) is 4.93. The molecule has 0 spiro atoms. The van der Waals surface area contributed by atoms with Crippen molar-refractivity contribution in [2.24, 2.45) is 11.3 Å². The summed E-state index contributed by atoms with van der Waals surface area (Å²) in [5, 5.41) is 9.88. The molecule has 0 radical (unpaired) electrons. The van der Waals surface area contributed by atoms with Gasteiger partial charge in [0.1, 0.15) is 0 Å². The van der Waals surface area contributed by atoms with Gasteiger partial charge in [0.2, 0.25) is 0 Å². The van der Waals surface area contributed by atoms with E-state index >= 15 is 0 Å². The number of hydrogen-bond donors (Lipinski definition) is 1. The second kappa shape index (κ2) is 4.86. The fourth-order valence-electron chi connectivity index (χ4n) is 1.54. The van der Waals surface area contributed by atoms with E-state index < -0.39 is 0 Å². The standard InChI is InChI=1S/C11H24O/c1-6-7-8-9(2)10(12)11(3,4)5/h9-10,12H,6-8H2,1-5H3. The smallest absolute Gasteiger partial charge is 0.0613 e. The SMILES string of the molecule is CCCCC(C)C(O)C(C)(C)C. The highest BCUT2D eigenvalue weighted by Gasteiger charge is 2.26. The Hall–Kier alpha value is -0.0400. The van der Waals surface area contributed by atoms with Crippen molar-refractivity contribution in [2.45, 2.75) is 60.0 Å². The molecule has 0 fully saturated rings. The van der Waals surface area contributed by atoms with Crippen LogP contribution in [0.15, 0.2) is 0 Å². The summed E-state index contributed by atoms with van der Waals surface area (Å²) in [5.41, 5.74) is 0.0349. The Bertz CT molecular complexity index is 113. The van der Waals surface area contributed by atoms with E-state index in [0.717, 1.165) is 6.42 Å². The van der Waals surface area contributed by atoms with Crippen LogP contribution in [0.4, 0.5) is 0 Å². The maximum Gasteiger partial charge on any atom is 0.0613 e. The number of hydrogen-bond acceptors (Lipinski definition) is 1. The Morgan fingerprint density at radius 2 is 1.75 bits per heavy atom. The number of unbranched alkanes of at least 4 members (excludes halogenated alkanes) is 1. The zero-order valence-corrected chi connectivity index (χ0v) is 9.22. The lowest BCUT2D eigenvalue weighted by Gasteiger charge is -2.30. The predicted molar refractivity (Wildman–Crippen MR) is 54.2 cm³/mol. The number of aliphatic hydroxyl groups is 1. The normalized spacial score (nSPS) is 17.5. The highest BCUT2D eigenvalue weighted by molar-refractivity contribution is 4.77. The van der Waals surface area contributed by atoms with Crippen LogP contribution in [0.25, 0.3) is 0 Å². The zero-order chi connectivity index (χ0) is 9.78. The van der Waals surface area contributed by atoms with E-state index in [9.17, 15) is 5.11 Å². The summed E-state index contributed by atoms with van der Waals surface area (Å²) in [6, 6.07) is 0. The third-order valence-electron chi connectivity index (χ3n) is 2.44. The van der Waals surface area contributed by atoms with E-state index in [1.54, 1.807) is 0 Å². The van der Waals surface area contributed by atoms with Crippen LogP contribution >= 0.6 is 0 Å². The largest absolute Gasteiger partial charge is 0.392 e. The molecule has 2 unspecified atom stereocenters. The lowest BCUT2D eigenvalue weighted by Crippen LogP contribution is -2.32. The Kier molecular flexibility index (Phi) is 4.84. The highest BCUT2D eigenvalue weighted by atomic mass is 16.3. The minimum Gasteiger partial charge on any atom is -0.392 e. The molecule has 1 N–H and O–H groups in total. The Morgan fingerprint density at radius 1 is 1.25 bits per heavy atom. The van der Waals surface area contributed by atoms with Gasteiger partial charge in [-0.2, -0.15) is 0 Å². The van der Waals surface area contributed by atoms with Crippen molar-refractivity contribution < 1.29 is 5.11 Å². The van der Waals surface area contributed by atoms with E-state index in [1.165, 1.54) is 12.8 Å².